The molecule has 1 aliphatic heterocycles. The lowest BCUT2D eigenvalue weighted by atomic mass is 10.0. The Labute approximate surface area is 170 Å². The molecule has 0 saturated carbocycles. The van der Waals surface area contributed by atoms with Gasteiger partial charge in [-0.1, -0.05) is 29.8 Å². The number of anilines is 1. The summed E-state index contributed by atoms with van der Waals surface area (Å²) in [5.74, 6) is -0.274. The number of hydrogen-bond donors (Lipinski definition) is 1. The van der Waals surface area contributed by atoms with E-state index >= 15 is 0 Å². The summed E-state index contributed by atoms with van der Waals surface area (Å²) in [5, 5.41) is 2.93. The van der Waals surface area contributed by atoms with Crippen molar-refractivity contribution in [2.24, 2.45) is 0 Å². The Kier molecular flexibility index (Phi) is 5.42. The monoisotopic (exact) mass is 388 g/mol. The number of nitrogens with one attached hydrogen (secondary N) is 1. The summed E-state index contributed by atoms with van der Waals surface area (Å²) in [4.78, 5) is 31.6. The predicted molar refractivity (Wildman–Crippen MR) is 112 cm³/mol. The Morgan fingerprint density at radius 3 is 2.79 bits per heavy atom. The Bertz CT molecular complexity index is 996. The number of carbonyl (C=O) groups is 2. The molecule has 29 heavy (non-hydrogen) atoms. The number of benzene rings is 2. The van der Waals surface area contributed by atoms with E-state index in [1.807, 2.05) is 60.2 Å². The summed E-state index contributed by atoms with van der Waals surface area (Å²) < 4.78 is 1.95. The van der Waals surface area contributed by atoms with Crippen LogP contribution < -0.4 is 10.2 Å². The molecular weight excluding hydrogens is 364 g/mol. The summed E-state index contributed by atoms with van der Waals surface area (Å²) in [5.41, 5.74) is 3.59. The molecule has 1 N–H and O–H groups in total. The molecular formula is C23H24N4O2. The molecule has 1 fully saturated rings. The van der Waals surface area contributed by atoms with E-state index in [9.17, 15) is 9.59 Å². The fourth-order valence-corrected chi connectivity index (χ4v) is 3.63. The molecule has 2 heterocycles. The Hall–Kier alpha value is -3.41. The van der Waals surface area contributed by atoms with Gasteiger partial charge in [0.25, 0.3) is 5.91 Å². The molecule has 2 aromatic carbocycles. The number of rotatable bonds is 5. The zero-order valence-corrected chi connectivity index (χ0v) is 16.4. The molecule has 148 valence electrons. The molecule has 4 rings (SSSR count). The van der Waals surface area contributed by atoms with E-state index in [0.717, 1.165) is 23.2 Å². The van der Waals surface area contributed by atoms with E-state index in [2.05, 4.69) is 10.3 Å². The average molecular weight is 388 g/mol. The van der Waals surface area contributed by atoms with Crippen LogP contribution in [0, 0.1) is 6.92 Å². The van der Waals surface area contributed by atoms with Crippen molar-refractivity contribution < 1.29 is 9.59 Å². The van der Waals surface area contributed by atoms with Crippen LogP contribution in [-0.2, 0) is 11.3 Å². The maximum absolute atomic E-state index is 13.0. The van der Waals surface area contributed by atoms with Gasteiger partial charge in [-0.3, -0.25) is 9.59 Å². The van der Waals surface area contributed by atoms with Crippen LogP contribution >= 0.6 is 0 Å². The second-order valence-electron chi connectivity index (χ2n) is 7.43. The lowest BCUT2D eigenvalue weighted by Crippen LogP contribution is -2.52. The third-order valence-corrected chi connectivity index (χ3v) is 5.20. The number of amides is 2. The molecule has 0 radical (unpaired) electrons. The van der Waals surface area contributed by atoms with Gasteiger partial charge in [0.05, 0.1) is 6.33 Å². The number of aryl methyl sites for hydroxylation is 1. The van der Waals surface area contributed by atoms with Crippen LogP contribution in [0.1, 0.15) is 34.3 Å². The lowest BCUT2D eigenvalue weighted by molar-refractivity contribution is -0.121. The highest BCUT2D eigenvalue weighted by molar-refractivity contribution is 6.02. The van der Waals surface area contributed by atoms with E-state index < -0.39 is 6.04 Å². The topological polar surface area (TPSA) is 67.2 Å². The second-order valence-corrected chi connectivity index (χ2v) is 7.43. The highest BCUT2D eigenvalue weighted by Gasteiger charge is 2.31. The fourth-order valence-electron chi connectivity index (χ4n) is 3.63. The van der Waals surface area contributed by atoms with Crippen molar-refractivity contribution in [2.75, 3.05) is 11.4 Å². The first-order valence-electron chi connectivity index (χ1n) is 9.84. The SMILES string of the molecule is Cc1ccc(N2CCC[C@H](NC(=O)c3cccc(Cn4ccnc4)c3)C2=O)cc1. The molecule has 1 aromatic heterocycles. The maximum Gasteiger partial charge on any atom is 0.251 e. The third-order valence-electron chi connectivity index (χ3n) is 5.20. The minimum Gasteiger partial charge on any atom is -0.340 e. The fraction of sp³-hybridized carbons (Fsp3) is 0.261. The largest absolute Gasteiger partial charge is 0.340 e. The van der Waals surface area contributed by atoms with Gasteiger partial charge in [-0.2, -0.15) is 0 Å². The Morgan fingerprint density at radius 2 is 2.03 bits per heavy atom. The van der Waals surface area contributed by atoms with Gasteiger partial charge in [-0.15, -0.1) is 0 Å². The lowest BCUT2D eigenvalue weighted by Gasteiger charge is -2.32. The van der Waals surface area contributed by atoms with Crippen LogP contribution in [0.15, 0.2) is 67.3 Å². The van der Waals surface area contributed by atoms with E-state index in [4.69, 9.17) is 0 Å². The van der Waals surface area contributed by atoms with Gasteiger partial charge < -0.3 is 14.8 Å². The van der Waals surface area contributed by atoms with Crippen molar-refractivity contribution in [2.45, 2.75) is 32.4 Å². The minimum absolute atomic E-state index is 0.0528. The van der Waals surface area contributed by atoms with E-state index in [0.29, 0.717) is 25.1 Å². The molecule has 1 atom stereocenters. The molecule has 1 aliphatic rings. The zero-order chi connectivity index (χ0) is 20.2. The number of aromatic nitrogens is 2. The number of carbonyl (C=O) groups excluding carboxylic acids is 2. The Balaban J connectivity index is 1.45. The molecule has 6 heteroatoms. The standard InChI is InChI=1S/C23H24N4O2/c1-17-7-9-20(10-8-17)27-12-3-6-21(23(27)29)25-22(28)19-5-2-4-18(14-19)15-26-13-11-24-16-26/h2,4-5,7-11,13-14,16,21H,3,6,12,15H2,1H3,(H,25,28)/t21-/m0/s1. The molecule has 0 unspecified atom stereocenters. The third kappa shape index (κ3) is 4.37. The van der Waals surface area contributed by atoms with Gasteiger partial charge in [0, 0.05) is 36.7 Å². The molecule has 3 aromatic rings. The van der Waals surface area contributed by atoms with Gasteiger partial charge in [-0.05, 0) is 49.6 Å². The van der Waals surface area contributed by atoms with E-state index in [-0.39, 0.29) is 11.8 Å². The van der Waals surface area contributed by atoms with Crippen molar-refractivity contribution >= 4 is 17.5 Å². The first-order valence-corrected chi connectivity index (χ1v) is 9.84. The number of hydrogen-bond acceptors (Lipinski definition) is 3. The summed E-state index contributed by atoms with van der Waals surface area (Å²) in [6, 6.07) is 14.9. The minimum atomic E-state index is -0.505. The summed E-state index contributed by atoms with van der Waals surface area (Å²) in [7, 11) is 0. The Morgan fingerprint density at radius 1 is 1.21 bits per heavy atom. The number of imidazole rings is 1. The smallest absolute Gasteiger partial charge is 0.251 e. The van der Waals surface area contributed by atoms with E-state index in [1.54, 1.807) is 23.5 Å². The molecule has 1 saturated heterocycles. The van der Waals surface area contributed by atoms with Gasteiger partial charge in [-0.25, -0.2) is 4.98 Å². The zero-order valence-electron chi connectivity index (χ0n) is 16.4. The first kappa shape index (κ1) is 18.9. The highest BCUT2D eigenvalue weighted by atomic mass is 16.2. The molecule has 6 nitrogen and oxygen atoms in total. The predicted octanol–water partition coefficient (Wildman–Crippen LogP) is 3.17. The van der Waals surface area contributed by atoms with Crippen LogP contribution in [0.4, 0.5) is 5.69 Å². The van der Waals surface area contributed by atoms with Gasteiger partial charge >= 0.3 is 0 Å². The average Bonchev–Trinajstić information content (AvgIpc) is 3.23. The summed E-state index contributed by atoms with van der Waals surface area (Å²) in [6.45, 7) is 3.34. The summed E-state index contributed by atoms with van der Waals surface area (Å²) in [6.07, 6.45) is 6.86. The molecule has 2 amide bonds. The van der Waals surface area contributed by atoms with Gasteiger partial charge in [0.15, 0.2) is 0 Å². The van der Waals surface area contributed by atoms with Crippen molar-refractivity contribution in [1.82, 2.24) is 14.9 Å². The number of nitrogens with zero attached hydrogens (tertiary/aromatic N) is 3. The van der Waals surface area contributed by atoms with Crippen molar-refractivity contribution in [1.29, 1.82) is 0 Å². The van der Waals surface area contributed by atoms with Crippen molar-refractivity contribution in [3.8, 4) is 0 Å². The van der Waals surface area contributed by atoms with Crippen molar-refractivity contribution in [3.63, 3.8) is 0 Å². The van der Waals surface area contributed by atoms with Crippen LogP contribution in [0.3, 0.4) is 0 Å². The van der Waals surface area contributed by atoms with Crippen LogP contribution in [0.25, 0.3) is 0 Å². The maximum atomic E-state index is 13.0. The van der Waals surface area contributed by atoms with Crippen LogP contribution in [0.5, 0.6) is 0 Å². The highest BCUT2D eigenvalue weighted by Crippen LogP contribution is 2.22. The van der Waals surface area contributed by atoms with Crippen LogP contribution in [-0.4, -0.2) is 34.0 Å². The van der Waals surface area contributed by atoms with Gasteiger partial charge in [0.1, 0.15) is 6.04 Å². The van der Waals surface area contributed by atoms with Crippen LogP contribution in [0.2, 0.25) is 0 Å². The number of piperidine rings is 1. The van der Waals surface area contributed by atoms with E-state index in [1.165, 1.54) is 0 Å². The molecule has 0 bridgehead atoms. The second kappa shape index (κ2) is 8.31. The quantitative estimate of drug-likeness (QED) is 0.730. The van der Waals surface area contributed by atoms with Gasteiger partial charge in [0.2, 0.25) is 5.91 Å². The molecule has 0 spiro atoms. The summed E-state index contributed by atoms with van der Waals surface area (Å²) >= 11 is 0. The van der Waals surface area contributed by atoms with Crippen molar-refractivity contribution in [3.05, 3.63) is 83.9 Å². The normalized spacial score (nSPS) is 16.7. The molecule has 0 aliphatic carbocycles. The first-order chi connectivity index (χ1) is 14.1.